The molecule has 0 spiro atoms. The number of carbonyl (C=O) groups excluding carboxylic acids is 1. The molecule has 0 saturated carbocycles. The summed E-state index contributed by atoms with van der Waals surface area (Å²) in [5, 5.41) is 13.7. The van der Waals surface area contributed by atoms with Gasteiger partial charge >= 0.3 is 6.09 Å². The molecule has 0 aliphatic carbocycles. The second-order valence-electron chi connectivity index (χ2n) is 9.30. The van der Waals surface area contributed by atoms with Crippen molar-refractivity contribution >= 4 is 24.2 Å². The number of hydrogen-bond acceptors (Lipinski definition) is 6. The van der Waals surface area contributed by atoms with Crippen LogP contribution in [0.5, 0.6) is 11.5 Å². The highest BCUT2D eigenvalue weighted by molar-refractivity contribution is 5.85. The number of anilines is 1. The number of halogens is 1. The topological polar surface area (TPSA) is 80.3 Å². The average Bonchev–Trinajstić information content (AvgIpc) is 2.98. The molecule has 41 heavy (non-hydrogen) atoms. The highest BCUT2D eigenvalue weighted by Crippen LogP contribution is 2.21. The van der Waals surface area contributed by atoms with Gasteiger partial charge in [-0.3, -0.25) is 10.2 Å². The van der Waals surface area contributed by atoms with Crippen LogP contribution < -0.4 is 14.8 Å². The van der Waals surface area contributed by atoms with E-state index in [1.54, 1.807) is 31.2 Å². The van der Waals surface area contributed by atoms with Crippen molar-refractivity contribution in [2.24, 2.45) is 0 Å². The van der Waals surface area contributed by atoms with Crippen molar-refractivity contribution in [2.75, 3.05) is 31.6 Å². The van der Waals surface area contributed by atoms with Gasteiger partial charge in [0, 0.05) is 25.3 Å². The highest BCUT2D eigenvalue weighted by atomic mass is 35.5. The molecule has 0 aromatic heterocycles. The highest BCUT2D eigenvalue weighted by Gasteiger charge is 2.15. The number of aliphatic hydroxyl groups excluding tert-OH is 1. The molecule has 8 heteroatoms. The standard InChI is InChI=1S/C33H36N2O5.ClH/c1-2-38-33(37)34-29-15-19-30(20-16-29)39-22-21-35(23-26-9-5-3-6-10-26)24-32(36)28-13-17-31(18-14-28)40-25-27-11-7-4-8-12-27;/h3-20,32,36H,2,21-25H2,1H3,(H,34,37);1H. The van der Waals surface area contributed by atoms with Crippen LogP contribution in [0.25, 0.3) is 0 Å². The van der Waals surface area contributed by atoms with Crippen LogP contribution in [-0.2, 0) is 17.9 Å². The fourth-order valence-electron chi connectivity index (χ4n) is 4.17. The van der Waals surface area contributed by atoms with E-state index in [1.165, 1.54) is 0 Å². The first-order valence-corrected chi connectivity index (χ1v) is 13.5. The van der Waals surface area contributed by atoms with Crippen molar-refractivity contribution in [2.45, 2.75) is 26.2 Å². The van der Waals surface area contributed by atoms with Gasteiger partial charge in [-0.05, 0) is 60.0 Å². The van der Waals surface area contributed by atoms with Crippen molar-refractivity contribution in [1.82, 2.24) is 4.90 Å². The van der Waals surface area contributed by atoms with Gasteiger partial charge in [0.05, 0.1) is 12.7 Å². The number of ether oxygens (including phenoxy) is 3. The van der Waals surface area contributed by atoms with Crippen molar-refractivity contribution in [3.05, 3.63) is 126 Å². The largest absolute Gasteiger partial charge is 0.492 e. The first-order chi connectivity index (χ1) is 19.6. The zero-order valence-corrected chi connectivity index (χ0v) is 24.0. The Kier molecular flexibility index (Phi) is 13.0. The summed E-state index contributed by atoms with van der Waals surface area (Å²) in [5.74, 6) is 1.46. The minimum absolute atomic E-state index is 0. The molecule has 1 unspecified atom stereocenters. The minimum Gasteiger partial charge on any atom is -0.492 e. The number of nitrogens with one attached hydrogen (secondary N) is 1. The van der Waals surface area contributed by atoms with Crippen molar-refractivity contribution < 1.29 is 24.1 Å². The molecule has 0 radical (unpaired) electrons. The lowest BCUT2D eigenvalue weighted by Gasteiger charge is -2.25. The van der Waals surface area contributed by atoms with E-state index in [4.69, 9.17) is 14.2 Å². The molecular weight excluding hydrogens is 540 g/mol. The first kappa shape index (κ1) is 31.5. The van der Waals surface area contributed by atoms with Crippen LogP contribution in [0, 0.1) is 0 Å². The summed E-state index contributed by atoms with van der Waals surface area (Å²) in [7, 11) is 0. The summed E-state index contributed by atoms with van der Waals surface area (Å²) in [5.41, 5.74) is 3.73. The average molecular weight is 577 g/mol. The van der Waals surface area contributed by atoms with Gasteiger partial charge in [0.15, 0.2) is 0 Å². The molecule has 0 aliphatic heterocycles. The Balaban J connectivity index is 0.00000462. The van der Waals surface area contributed by atoms with Gasteiger partial charge in [-0.1, -0.05) is 72.8 Å². The van der Waals surface area contributed by atoms with E-state index < -0.39 is 12.2 Å². The lowest BCUT2D eigenvalue weighted by molar-refractivity contribution is 0.0985. The van der Waals surface area contributed by atoms with Crippen LogP contribution in [0.1, 0.15) is 29.7 Å². The molecule has 0 fully saturated rings. The Morgan fingerprint density at radius 1 is 0.805 bits per heavy atom. The van der Waals surface area contributed by atoms with Gasteiger partial charge in [0.25, 0.3) is 0 Å². The van der Waals surface area contributed by atoms with Gasteiger partial charge in [-0.2, -0.15) is 0 Å². The third-order valence-electron chi connectivity index (χ3n) is 6.25. The summed E-state index contributed by atoms with van der Waals surface area (Å²) in [6, 6.07) is 35.0. The Labute approximate surface area is 248 Å². The molecule has 0 heterocycles. The lowest BCUT2D eigenvalue weighted by atomic mass is 10.1. The number of nitrogens with zero attached hydrogens (tertiary/aromatic N) is 1. The van der Waals surface area contributed by atoms with E-state index >= 15 is 0 Å². The predicted molar refractivity (Wildman–Crippen MR) is 164 cm³/mol. The number of carbonyl (C=O) groups is 1. The van der Waals surface area contributed by atoms with Crippen molar-refractivity contribution in [3.8, 4) is 11.5 Å². The molecule has 1 atom stereocenters. The molecule has 216 valence electrons. The fourth-order valence-corrected chi connectivity index (χ4v) is 4.17. The summed E-state index contributed by atoms with van der Waals surface area (Å²) in [4.78, 5) is 13.8. The number of benzene rings is 4. The molecule has 1 amide bonds. The maximum Gasteiger partial charge on any atom is 0.411 e. The zero-order chi connectivity index (χ0) is 28.0. The van der Waals surface area contributed by atoms with Gasteiger partial charge in [0.2, 0.25) is 0 Å². The van der Waals surface area contributed by atoms with Crippen LogP contribution >= 0.6 is 12.4 Å². The third kappa shape index (κ3) is 10.8. The van der Waals surface area contributed by atoms with E-state index in [0.29, 0.717) is 50.9 Å². The van der Waals surface area contributed by atoms with E-state index in [9.17, 15) is 9.90 Å². The van der Waals surface area contributed by atoms with Crippen LogP contribution in [0.2, 0.25) is 0 Å². The zero-order valence-electron chi connectivity index (χ0n) is 23.1. The maximum atomic E-state index is 11.6. The first-order valence-electron chi connectivity index (χ1n) is 13.5. The minimum atomic E-state index is -0.667. The molecule has 4 aromatic rings. The van der Waals surface area contributed by atoms with Crippen molar-refractivity contribution in [1.29, 1.82) is 0 Å². The summed E-state index contributed by atoms with van der Waals surface area (Å²) >= 11 is 0. The summed E-state index contributed by atoms with van der Waals surface area (Å²) in [6.45, 7) is 4.76. The fraction of sp³-hybridized carbons (Fsp3) is 0.242. The van der Waals surface area contributed by atoms with Crippen LogP contribution in [-0.4, -0.2) is 42.4 Å². The normalized spacial score (nSPS) is 11.3. The second kappa shape index (κ2) is 16.9. The Morgan fingerprint density at radius 3 is 2.02 bits per heavy atom. The monoisotopic (exact) mass is 576 g/mol. The molecular formula is C33H37ClN2O5. The van der Waals surface area contributed by atoms with Gasteiger partial charge < -0.3 is 19.3 Å². The van der Waals surface area contributed by atoms with E-state index in [0.717, 1.165) is 22.4 Å². The van der Waals surface area contributed by atoms with Crippen LogP contribution in [0.4, 0.5) is 10.5 Å². The quantitative estimate of drug-likeness (QED) is 0.170. The van der Waals surface area contributed by atoms with Crippen molar-refractivity contribution in [3.63, 3.8) is 0 Å². The van der Waals surface area contributed by atoms with Gasteiger partial charge in [-0.15, -0.1) is 12.4 Å². The smallest absolute Gasteiger partial charge is 0.411 e. The number of amides is 1. The third-order valence-corrected chi connectivity index (χ3v) is 6.25. The molecule has 0 saturated heterocycles. The number of aliphatic hydroxyl groups is 1. The molecule has 0 aliphatic rings. The summed E-state index contributed by atoms with van der Waals surface area (Å²) in [6.07, 6.45) is -1.15. The van der Waals surface area contributed by atoms with E-state index in [-0.39, 0.29) is 12.4 Å². The summed E-state index contributed by atoms with van der Waals surface area (Å²) < 4.78 is 16.7. The number of hydrogen-bond donors (Lipinski definition) is 2. The molecule has 7 nitrogen and oxygen atoms in total. The van der Waals surface area contributed by atoms with Gasteiger partial charge in [0.1, 0.15) is 24.7 Å². The van der Waals surface area contributed by atoms with Crippen LogP contribution in [0.3, 0.4) is 0 Å². The predicted octanol–water partition coefficient (Wildman–Crippen LogP) is 6.87. The Bertz CT molecular complexity index is 1290. The second-order valence-corrected chi connectivity index (χ2v) is 9.30. The molecule has 0 bridgehead atoms. The lowest BCUT2D eigenvalue weighted by Crippen LogP contribution is -2.32. The molecule has 2 N–H and O–H groups in total. The van der Waals surface area contributed by atoms with E-state index in [2.05, 4.69) is 22.3 Å². The van der Waals surface area contributed by atoms with Crippen LogP contribution in [0.15, 0.2) is 109 Å². The van der Waals surface area contributed by atoms with E-state index in [1.807, 2.05) is 72.8 Å². The SMILES string of the molecule is CCOC(=O)Nc1ccc(OCCN(Cc2ccccc2)CC(O)c2ccc(OCc3ccccc3)cc2)cc1.Cl. The Morgan fingerprint density at radius 2 is 1.39 bits per heavy atom. The molecule has 4 rings (SSSR count). The number of rotatable bonds is 14. The maximum absolute atomic E-state index is 11.6. The molecule has 4 aromatic carbocycles. The van der Waals surface area contributed by atoms with Gasteiger partial charge in [-0.25, -0.2) is 4.79 Å². The Hall–Kier alpha value is -4.04.